The number of hydrogen-bond acceptors (Lipinski definition) is 3. The molecular formula is C12H26N2O. The quantitative estimate of drug-likeness (QED) is 0.675. The van der Waals surface area contributed by atoms with Gasteiger partial charge in [0.2, 0.25) is 0 Å². The van der Waals surface area contributed by atoms with Crippen molar-refractivity contribution < 1.29 is 4.74 Å². The molecule has 3 nitrogen and oxygen atoms in total. The van der Waals surface area contributed by atoms with E-state index in [1.807, 2.05) is 0 Å². The largest absolute Gasteiger partial charge is 0.380 e. The molecule has 0 aromatic rings. The summed E-state index contributed by atoms with van der Waals surface area (Å²) in [6, 6.07) is 0. The fourth-order valence-electron chi connectivity index (χ4n) is 2.01. The van der Waals surface area contributed by atoms with Gasteiger partial charge in [-0.25, -0.2) is 0 Å². The first-order chi connectivity index (χ1) is 7.33. The minimum Gasteiger partial charge on any atom is -0.380 e. The summed E-state index contributed by atoms with van der Waals surface area (Å²) in [5, 5.41) is 3.48. The SMILES string of the molecule is CCCNCC(C)CN1CCCOCC1. The van der Waals surface area contributed by atoms with Crippen LogP contribution in [-0.2, 0) is 4.74 Å². The Morgan fingerprint density at radius 3 is 3.00 bits per heavy atom. The summed E-state index contributed by atoms with van der Waals surface area (Å²) in [4.78, 5) is 2.53. The molecule has 0 amide bonds. The molecule has 1 atom stereocenters. The van der Waals surface area contributed by atoms with Gasteiger partial charge in [0, 0.05) is 26.2 Å². The van der Waals surface area contributed by atoms with Crippen LogP contribution >= 0.6 is 0 Å². The van der Waals surface area contributed by atoms with E-state index in [0.29, 0.717) is 0 Å². The molecule has 90 valence electrons. The van der Waals surface area contributed by atoms with Crippen LogP contribution in [0.5, 0.6) is 0 Å². The summed E-state index contributed by atoms with van der Waals surface area (Å²) < 4.78 is 5.45. The summed E-state index contributed by atoms with van der Waals surface area (Å²) in [7, 11) is 0. The zero-order valence-electron chi connectivity index (χ0n) is 10.3. The number of hydrogen-bond donors (Lipinski definition) is 1. The van der Waals surface area contributed by atoms with E-state index in [-0.39, 0.29) is 0 Å². The standard InChI is InChI=1S/C12H26N2O/c1-3-5-13-10-12(2)11-14-6-4-8-15-9-7-14/h12-13H,3-11H2,1-2H3. The average Bonchev–Trinajstić information content (AvgIpc) is 2.47. The fourth-order valence-corrected chi connectivity index (χ4v) is 2.01. The van der Waals surface area contributed by atoms with Gasteiger partial charge in [-0.15, -0.1) is 0 Å². The molecule has 0 radical (unpaired) electrons. The number of nitrogens with one attached hydrogen (secondary N) is 1. The lowest BCUT2D eigenvalue weighted by molar-refractivity contribution is 0.138. The van der Waals surface area contributed by atoms with E-state index >= 15 is 0 Å². The van der Waals surface area contributed by atoms with E-state index < -0.39 is 0 Å². The van der Waals surface area contributed by atoms with Crippen LogP contribution in [0.25, 0.3) is 0 Å². The van der Waals surface area contributed by atoms with Gasteiger partial charge in [0.05, 0.1) is 6.61 Å². The highest BCUT2D eigenvalue weighted by Gasteiger charge is 2.12. The van der Waals surface area contributed by atoms with Crippen LogP contribution in [0.2, 0.25) is 0 Å². The van der Waals surface area contributed by atoms with Crippen molar-refractivity contribution in [2.24, 2.45) is 5.92 Å². The molecule has 1 fully saturated rings. The first-order valence-corrected chi connectivity index (χ1v) is 6.33. The Kier molecular flexibility index (Phi) is 6.98. The maximum absolute atomic E-state index is 5.45. The monoisotopic (exact) mass is 214 g/mol. The van der Waals surface area contributed by atoms with Gasteiger partial charge in [-0.2, -0.15) is 0 Å². The molecule has 3 heteroatoms. The van der Waals surface area contributed by atoms with Crippen molar-refractivity contribution >= 4 is 0 Å². The van der Waals surface area contributed by atoms with Crippen molar-refractivity contribution in [3.63, 3.8) is 0 Å². The molecular weight excluding hydrogens is 188 g/mol. The Hall–Kier alpha value is -0.120. The Morgan fingerprint density at radius 1 is 1.33 bits per heavy atom. The first-order valence-electron chi connectivity index (χ1n) is 6.33. The topological polar surface area (TPSA) is 24.5 Å². The molecule has 1 aliphatic heterocycles. The minimum atomic E-state index is 0.745. The van der Waals surface area contributed by atoms with Crippen molar-refractivity contribution in [2.45, 2.75) is 26.7 Å². The Morgan fingerprint density at radius 2 is 2.20 bits per heavy atom. The molecule has 0 aromatic carbocycles. The molecule has 1 heterocycles. The summed E-state index contributed by atoms with van der Waals surface area (Å²) in [6.45, 7) is 12.2. The number of nitrogens with zero attached hydrogens (tertiary/aromatic N) is 1. The van der Waals surface area contributed by atoms with E-state index in [2.05, 4.69) is 24.1 Å². The van der Waals surface area contributed by atoms with Gasteiger partial charge in [0.15, 0.2) is 0 Å². The van der Waals surface area contributed by atoms with Gasteiger partial charge < -0.3 is 15.0 Å². The van der Waals surface area contributed by atoms with E-state index in [0.717, 1.165) is 38.8 Å². The second-order valence-corrected chi connectivity index (χ2v) is 4.58. The second-order valence-electron chi connectivity index (χ2n) is 4.58. The molecule has 0 bridgehead atoms. The molecule has 0 saturated carbocycles. The maximum atomic E-state index is 5.45. The van der Waals surface area contributed by atoms with E-state index in [4.69, 9.17) is 4.74 Å². The molecule has 15 heavy (non-hydrogen) atoms. The van der Waals surface area contributed by atoms with Gasteiger partial charge in [-0.05, 0) is 31.8 Å². The highest BCUT2D eigenvalue weighted by molar-refractivity contribution is 4.66. The summed E-state index contributed by atoms with van der Waals surface area (Å²) in [6.07, 6.45) is 2.42. The molecule has 0 aromatic heterocycles. The third kappa shape index (κ3) is 6.13. The van der Waals surface area contributed by atoms with Gasteiger partial charge >= 0.3 is 0 Å². The van der Waals surface area contributed by atoms with Crippen LogP contribution < -0.4 is 5.32 Å². The Bertz CT molecular complexity index is 145. The van der Waals surface area contributed by atoms with Crippen molar-refractivity contribution in [3.8, 4) is 0 Å². The van der Waals surface area contributed by atoms with Gasteiger partial charge in [-0.3, -0.25) is 0 Å². The molecule has 1 rings (SSSR count). The fraction of sp³-hybridized carbons (Fsp3) is 1.00. The summed E-state index contributed by atoms with van der Waals surface area (Å²) in [5.74, 6) is 0.745. The van der Waals surface area contributed by atoms with Crippen molar-refractivity contribution in [1.82, 2.24) is 10.2 Å². The van der Waals surface area contributed by atoms with Crippen LogP contribution in [0.15, 0.2) is 0 Å². The summed E-state index contributed by atoms with van der Waals surface area (Å²) in [5.41, 5.74) is 0. The van der Waals surface area contributed by atoms with Gasteiger partial charge in [0.25, 0.3) is 0 Å². The first kappa shape index (κ1) is 12.9. The third-order valence-electron chi connectivity index (χ3n) is 2.80. The minimum absolute atomic E-state index is 0.745. The number of rotatable bonds is 6. The van der Waals surface area contributed by atoms with E-state index in [1.54, 1.807) is 0 Å². The molecule has 1 aliphatic rings. The second kappa shape index (κ2) is 8.08. The molecule has 0 aliphatic carbocycles. The normalized spacial score (nSPS) is 21.2. The van der Waals surface area contributed by atoms with Crippen molar-refractivity contribution in [3.05, 3.63) is 0 Å². The molecule has 0 spiro atoms. The predicted octanol–water partition coefficient (Wildman–Crippen LogP) is 1.34. The number of ether oxygens (including phenoxy) is 1. The van der Waals surface area contributed by atoms with Gasteiger partial charge in [0.1, 0.15) is 0 Å². The van der Waals surface area contributed by atoms with Crippen LogP contribution in [0.1, 0.15) is 26.7 Å². The Balaban J connectivity index is 2.09. The highest BCUT2D eigenvalue weighted by Crippen LogP contribution is 2.03. The Labute approximate surface area is 94.2 Å². The lowest BCUT2D eigenvalue weighted by Gasteiger charge is -2.23. The van der Waals surface area contributed by atoms with Crippen molar-refractivity contribution in [2.75, 3.05) is 45.9 Å². The zero-order chi connectivity index (χ0) is 10.9. The van der Waals surface area contributed by atoms with Crippen LogP contribution in [0.4, 0.5) is 0 Å². The molecule has 1 N–H and O–H groups in total. The lowest BCUT2D eigenvalue weighted by Crippen LogP contribution is -2.35. The molecule has 1 saturated heterocycles. The van der Waals surface area contributed by atoms with Crippen LogP contribution in [-0.4, -0.2) is 50.8 Å². The van der Waals surface area contributed by atoms with Crippen molar-refractivity contribution in [1.29, 1.82) is 0 Å². The van der Waals surface area contributed by atoms with Crippen LogP contribution in [0.3, 0.4) is 0 Å². The average molecular weight is 214 g/mol. The predicted molar refractivity (Wildman–Crippen MR) is 64.2 cm³/mol. The third-order valence-corrected chi connectivity index (χ3v) is 2.80. The van der Waals surface area contributed by atoms with Crippen LogP contribution in [0, 0.1) is 5.92 Å². The maximum Gasteiger partial charge on any atom is 0.0593 e. The highest BCUT2D eigenvalue weighted by atomic mass is 16.5. The van der Waals surface area contributed by atoms with E-state index in [1.165, 1.54) is 25.9 Å². The summed E-state index contributed by atoms with van der Waals surface area (Å²) >= 11 is 0. The molecule has 1 unspecified atom stereocenters. The smallest absolute Gasteiger partial charge is 0.0593 e. The van der Waals surface area contributed by atoms with Gasteiger partial charge in [-0.1, -0.05) is 13.8 Å². The van der Waals surface area contributed by atoms with E-state index in [9.17, 15) is 0 Å². The zero-order valence-corrected chi connectivity index (χ0v) is 10.3. The lowest BCUT2D eigenvalue weighted by atomic mass is 10.1.